The molecule has 0 aliphatic rings. The van der Waals surface area contributed by atoms with Crippen LogP contribution in [-0.4, -0.2) is 41.5 Å². The summed E-state index contributed by atoms with van der Waals surface area (Å²) in [5.41, 5.74) is 1.86. The van der Waals surface area contributed by atoms with Gasteiger partial charge in [-0.1, -0.05) is 74.2 Å². The van der Waals surface area contributed by atoms with Crippen LogP contribution in [0.25, 0.3) is 0 Å². The zero-order chi connectivity index (χ0) is 21.8. The molecule has 0 radical (unpaired) electrons. The van der Waals surface area contributed by atoms with Crippen LogP contribution in [0.5, 0.6) is 0 Å². The van der Waals surface area contributed by atoms with E-state index < -0.39 is 0 Å². The molecule has 5 nitrogen and oxygen atoms in total. The lowest BCUT2D eigenvalue weighted by Crippen LogP contribution is -2.39. The van der Waals surface area contributed by atoms with Gasteiger partial charge in [-0.25, -0.2) is 10.0 Å². The molecule has 0 saturated carbocycles. The number of nitrogens with zero attached hydrogens (tertiary/aromatic N) is 4. The van der Waals surface area contributed by atoms with E-state index in [4.69, 9.17) is 28.6 Å². The summed E-state index contributed by atoms with van der Waals surface area (Å²) in [6.45, 7) is 5.55. The first-order valence-corrected chi connectivity index (χ1v) is 11.0. The minimum Gasteiger partial charge on any atom is -0.266 e. The molecular weight excluding hydrogens is 497 g/mol. The average molecular weight is 527 g/mol. The normalized spacial score (nSPS) is 11.0. The van der Waals surface area contributed by atoms with Gasteiger partial charge in [-0.3, -0.25) is 5.41 Å². The number of hydrogen-bond acceptors (Lipinski definition) is 3. The lowest BCUT2D eigenvalue weighted by atomic mass is 10.2. The van der Waals surface area contributed by atoms with Crippen molar-refractivity contribution in [2.75, 3.05) is 13.1 Å². The fraction of sp³-hybridized carbons (Fsp3) is 0.348. The third kappa shape index (κ3) is 9.85. The van der Waals surface area contributed by atoms with Crippen LogP contribution in [0.15, 0.2) is 58.7 Å². The molecule has 8 heteroatoms. The topological polar surface area (TPSA) is 55.1 Å². The quantitative estimate of drug-likeness (QED) is 0.204. The number of guanidine groups is 1. The highest BCUT2D eigenvalue weighted by molar-refractivity contribution is 8.93. The van der Waals surface area contributed by atoms with E-state index in [1.54, 1.807) is 22.4 Å². The summed E-state index contributed by atoms with van der Waals surface area (Å²) < 4.78 is 0. The smallest absolute Gasteiger partial charge is 0.235 e. The van der Waals surface area contributed by atoms with Crippen molar-refractivity contribution in [3.05, 3.63) is 69.7 Å². The summed E-state index contributed by atoms with van der Waals surface area (Å²) in [4.78, 5) is 0. The van der Waals surface area contributed by atoms with E-state index in [0.29, 0.717) is 23.1 Å². The molecule has 0 aliphatic heterocycles. The van der Waals surface area contributed by atoms with E-state index in [1.807, 2.05) is 48.5 Å². The molecule has 0 bridgehead atoms. The van der Waals surface area contributed by atoms with E-state index in [9.17, 15) is 0 Å². The molecule has 2 aromatic rings. The number of unbranched alkanes of at least 4 members (excludes halogenated alkanes) is 2. The van der Waals surface area contributed by atoms with Crippen molar-refractivity contribution in [1.82, 2.24) is 10.0 Å². The van der Waals surface area contributed by atoms with Gasteiger partial charge in [0.15, 0.2) is 0 Å². The highest BCUT2D eigenvalue weighted by Gasteiger charge is 2.15. The molecule has 0 aromatic heterocycles. The van der Waals surface area contributed by atoms with Crippen LogP contribution in [-0.2, 0) is 0 Å². The maximum atomic E-state index is 8.74. The van der Waals surface area contributed by atoms with Crippen molar-refractivity contribution >= 4 is 58.6 Å². The zero-order valence-electron chi connectivity index (χ0n) is 18.0. The molecule has 0 heterocycles. The highest BCUT2D eigenvalue weighted by Crippen LogP contribution is 2.11. The van der Waals surface area contributed by atoms with Gasteiger partial charge in [-0.15, -0.1) is 17.0 Å². The summed E-state index contributed by atoms with van der Waals surface area (Å²) in [7, 11) is 0. The Morgan fingerprint density at radius 3 is 1.45 bits per heavy atom. The van der Waals surface area contributed by atoms with Crippen molar-refractivity contribution in [2.45, 2.75) is 39.5 Å². The molecular formula is C23H30BrCl2N5. The maximum Gasteiger partial charge on any atom is 0.235 e. The first kappa shape index (κ1) is 27.1. The van der Waals surface area contributed by atoms with Gasteiger partial charge >= 0.3 is 0 Å². The SMILES string of the molecule is Br.CCCCN(N=Cc1ccc(Cl)cc1)C(=N)N(CCCC)N=Cc1ccc(Cl)cc1. The third-order valence-corrected chi connectivity index (χ3v) is 4.87. The van der Waals surface area contributed by atoms with Crippen molar-refractivity contribution in [3.8, 4) is 0 Å². The second-order valence-corrected chi connectivity index (χ2v) is 7.74. The summed E-state index contributed by atoms with van der Waals surface area (Å²) in [6.07, 6.45) is 7.40. The van der Waals surface area contributed by atoms with E-state index >= 15 is 0 Å². The standard InChI is InChI=1S/C23H29Cl2N5.BrH/c1-3-5-15-29(27-17-19-7-11-21(24)12-8-19)23(26)30(16-6-4-2)28-18-20-9-13-22(25)14-10-20;/h7-14,17-18,26H,3-6,15-16H2,1-2H3;1H. The molecule has 0 fully saturated rings. The lowest BCUT2D eigenvalue weighted by Gasteiger charge is -2.26. The molecule has 0 saturated heterocycles. The van der Waals surface area contributed by atoms with Gasteiger partial charge < -0.3 is 0 Å². The zero-order valence-corrected chi connectivity index (χ0v) is 21.2. The summed E-state index contributed by atoms with van der Waals surface area (Å²) in [5.74, 6) is 0.257. The molecule has 1 N–H and O–H groups in total. The second-order valence-electron chi connectivity index (χ2n) is 6.87. The van der Waals surface area contributed by atoms with Gasteiger partial charge in [0.1, 0.15) is 0 Å². The largest absolute Gasteiger partial charge is 0.266 e. The molecule has 0 aliphatic carbocycles. The Kier molecular flexibility index (Phi) is 13.1. The van der Waals surface area contributed by atoms with Gasteiger partial charge in [0.25, 0.3) is 0 Å². The fourth-order valence-electron chi connectivity index (χ4n) is 2.56. The van der Waals surface area contributed by atoms with E-state index in [1.165, 1.54) is 0 Å². The number of rotatable bonds is 10. The third-order valence-electron chi connectivity index (χ3n) is 4.37. The van der Waals surface area contributed by atoms with Gasteiger partial charge in [0, 0.05) is 23.1 Å². The minimum atomic E-state index is 0. The summed E-state index contributed by atoms with van der Waals surface area (Å²) >= 11 is 11.9. The Balaban J connectivity index is 0.00000480. The Bertz CT molecular complexity index is 769. The van der Waals surface area contributed by atoms with Crippen LogP contribution in [0.1, 0.15) is 50.7 Å². The highest BCUT2D eigenvalue weighted by atomic mass is 79.9. The fourth-order valence-corrected chi connectivity index (χ4v) is 2.81. The Labute approximate surface area is 206 Å². The first-order chi connectivity index (χ1) is 14.5. The monoisotopic (exact) mass is 525 g/mol. The molecule has 2 aromatic carbocycles. The van der Waals surface area contributed by atoms with Crippen LogP contribution in [0.2, 0.25) is 10.0 Å². The summed E-state index contributed by atoms with van der Waals surface area (Å²) in [5, 5.41) is 22.6. The molecule has 168 valence electrons. The first-order valence-electron chi connectivity index (χ1n) is 10.3. The number of halogens is 3. The van der Waals surface area contributed by atoms with E-state index in [2.05, 4.69) is 24.1 Å². The Hall–Kier alpha value is -1.89. The molecule has 0 atom stereocenters. The average Bonchev–Trinajstić information content (AvgIpc) is 2.76. The molecule has 0 unspecified atom stereocenters. The summed E-state index contributed by atoms with van der Waals surface area (Å²) in [6, 6.07) is 14.9. The Morgan fingerprint density at radius 2 is 1.13 bits per heavy atom. The predicted molar refractivity (Wildman–Crippen MR) is 139 cm³/mol. The minimum absolute atomic E-state index is 0. The molecule has 0 amide bonds. The van der Waals surface area contributed by atoms with Crippen LogP contribution in [0.3, 0.4) is 0 Å². The number of hydrogen-bond donors (Lipinski definition) is 1. The van der Waals surface area contributed by atoms with Crippen molar-refractivity contribution < 1.29 is 0 Å². The number of benzene rings is 2. The Morgan fingerprint density at radius 1 is 0.774 bits per heavy atom. The molecule has 0 spiro atoms. The van der Waals surface area contributed by atoms with Gasteiger partial charge in [-0.2, -0.15) is 10.2 Å². The number of nitrogens with one attached hydrogen (secondary N) is 1. The van der Waals surface area contributed by atoms with Crippen LogP contribution in [0.4, 0.5) is 0 Å². The predicted octanol–water partition coefficient (Wildman–Crippen LogP) is 7.08. The van der Waals surface area contributed by atoms with Gasteiger partial charge in [0.2, 0.25) is 5.96 Å². The molecule has 2 rings (SSSR count). The number of hydrazone groups is 2. The second kappa shape index (κ2) is 15.0. The maximum absolute atomic E-state index is 8.74. The van der Waals surface area contributed by atoms with Crippen molar-refractivity contribution in [2.24, 2.45) is 10.2 Å². The van der Waals surface area contributed by atoms with Gasteiger partial charge in [0.05, 0.1) is 12.4 Å². The van der Waals surface area contributed by atoms with E-state index in [0.717, 1.165) is 36.8 Å². The van der Waals surface area contributed by atoms with Crippen LogP contribution in [0, 0.1) is 5.41 Å². The lowest BCUT2D eigenvalue weighted by molar-refractivity contribution is 0.323. The van der Waals surface area contributed by atoms with Crippen molar-refractivity contribution in [1.29, 1.82) is 5.41 Å². The van der Waals surface area contributed by atoms with Crippen LogP contribution >= 0.6 is 40.2 Å². The van der Waals surface area contributed by atoms with Gasteiger partial charge in [-0.05, 0) is 48.2 Å². The van der Waals surface area contributed by atoms with E-state index in [-0.39, 0.29) is 22.9 Å². The van der Waals surface area contributed by atoms with Crippen LogP contribution < -0.4 is 0 Å². The molecule has 31 heavy (non-hydrogen) atoms. The van der Waals surface area contributed by atoms with Crippen molar-refractivity contribution in [3.63, 3.8) is 0 Å².